The Kier molecular flexibility index (Phi) is 8.24. The summed E-state index contributed by atoms with van der Waals surface area (Å²) in [6, 6.07) is 7.65. The van der Waals surface area contributed by atoms with Gasteiger partial charge in [-0.15, -0.1) is 0 Å². The van der Waals surface area contributed by atoms with Gasteiger partial charge in [0.15, 0.2) is 0 Å². The molecule has 0 aliphatic heterocycles. The Balaban J connectivity index is 1.81. The van der Waals surface area contributed by atoms with Crippen LogP contribution in [0.3, 0.4) is 0 Å². The lowest BCUT2D eigenvalue weighted by Crippen LogP contribution is -2.13. The van der Waals surface area contributed by atoms with Crippen molar-refractivity contribution in [3.05, 3.63) is 35.9 Å². The molecule has 1 aromatic carbocycles. The fraction of sp³-hybridized carbons (Fsp3) is 0.500. The average Bonchev–Trinajstić information content (AvgIpc) is 2.96. The number of amides is 1. The number of hydrogen-bond acceptors (Lipinski definition) is 3. The fourth-order valence-electron chi connectivity index (χ4n) is 3.65. The van der Waals surface area contributed by atoms with Crippen LogP contribution < -0.4 is 5.32 Å². The number of rotatable bonds is 10. The smallest absolute Gasteiger partial charge is 0.303 e. The van der Waals surface area contributed by atoms with Crippen molar-refractivity contribution < 1.29 is 19.5 Å². The van der Waals surface area contributed by atoms with Crippen molar-refractivity contribution >= 4 is 29.4 Å². The third-order valence-corrected chi connectivity index (χ3v) is 5.08. The summed E-state index contributed by atoms with van der Waals surface area (Å²) >= 11 is 0. The normalized spacial score (nSPS) is 19.5. The van der Waals surface area contributed by atoms with E-state index in [0.717, 1.165) is 43.4 Å². The lowest BCUT2D eigenvalue weighted by molar-refractivity contribution is -0.137. The maximum atomic E-state index is 12.2. The molecule has 1 aromatic rings. The van der Waals surface area contributed by atoms with Crippen LogP contribution in [0.15, 0.2) is 30.3 Å². The monoisotopic (exact) mass is 371 g/mol. The first-order chi connectivity index (χ1) is 13.0. The van der Waals surface area contributed by atoms with Crippen LogP contribution in [0.1, 0.15) is 63.9 Å². The van der Waals surface area contributed by atoms with Gasteiger partial charge < -0.3 is 10.4 Å². The Morgan fingerprint density at radius 3 is 2.52 bits per heavy atom. The first kappa shape index (κ1) is 20.9. The van der Waals surface area contributed by atoms with Crippen LogP contribution in [0.5, 0.6) is 0 Å². The number of benzene rings is 1. The lowest BCUT2D eigenvalue weighted by Gasteiger charge is -2.14. The average molecular weight is 371 g/mol. The van der Waals surface area contributed by atoms with E-state index in [9.17, 15) is 14.4 Å². The summed E-state index contributed by atoms with van der Waals surface area (Å²) in [6.45, 7) is 1.48. The molecule has 27 heavy (non-hydrogen) atoms. The molecule has 5 heteroatoms. The van der Waals surface area contributed by atoms with Crippen LogP contribution in [0.25, 0.3) is 6.08 Å². The molecular formula is C22H29NO4. The maximum absolute atomic E-state index is 12.2. The number of hydrogen-bond donors (Lipinski definition) is 2. The minimum absolute atomic E-state index is 0.0893. The Morgan fingerprint density at radius 1 is 1.15 bits per heavy atom. The topological polar surface area (TPSA) is 83.5 Å². The number of unbranched alkanes of at least 4 members (excludes halogenated alkanes) is 3. The lowest BCUT2D eigenvalue weighted by atomic mass is 9.89. The molecule has 2 atom stereocenters. The summed E-state index contributed by atoms with van der Waals surface area (Å²) < 4.78 is 0. The summed E-state index contributed by atoms with van der Waals surface area (Å²) in [4.78, 5) is 33.8. The van der Waals surface area contributed by atoms with E-state index in [1.807, 2.05) is 24.3 Å². The van der Waals surface area contributed by atoms with Gasteiger partial charge in [0, 0.05) is 31.4 Å². The molecule has 1 saturated carbocycles. The van der Waals surface area contributed by atoms with Gasteiger partial charge in [0.05, 0.1) is 0 Å². The van der Waals surface area contributed by atoms with E-state index >= 15 is 0 Å². The van der Waals surface area contributed by atoms with Crippen molar-refractivity contribution in [3.63, 3.8) is 0 Å². The van der Waals surface area contributed by atoms with Gasteiger partial charge in [-0.25, -0.2) is 0 Å². The predicted molar refractivity (Wildman–Crippen MR) is 106 cm³/mol. The molecule has 0 heterocycles. The molecule has 0 bridgehead atoms. The third-order valence-electron chi connectivity index (χ3n) is 5.08. The van der Waals surface area contributed by atoms with Gasteiger partial charge in [-0.3, -0.25) is 14.4 Å². The third kappa shape index (κ3) is 7.37. The van der Waals surface area contributed by atoms with E-state index in [4.69, 9.17) is 5.11 Å². The fourth-order valence-corrected chi connectivity index (χ4v) is 3.65. The zero-order chi connectivity index (χ0) is 19.6. The second kappa shape index (κ2) is 10.7. The number of carboxylic acids is 1. The summed E-state index contributed by atoms with van der Waals surface area (Å²) in [5, 5.41) is 11.4. The highest BCUT2D eigenvalue weighted by Gasteiger charge is 2.32. The maximum Gasteiger partial charge on any atom is 0.303 e. The molecule has 1 aliphatic carbocycles. The van der Waals surface area contributed by atoms with Gasteiger partial charge in [0.2, 0.25) is 5.91 Å². The molecule has 0 aromatic heterocycles. The van der Waals surface area contributed by atoms with E-state index in [2.05, 4.69) is 17.5 Å². The quantitative estimate of drug-likeness (QED) is 0.585. The standard InChI is InChI=1S/C22H29NO4/c1-16(24)23-19-13-9-17(10-14-19)8-11-18-12-15-21(25)20(18)6-4-2-3-5-7-22(26)27/h8-11,13-14,18,20H,2-7,12,15H2,1H3,(H,23,24)(H,26,27)/b11-8+. The first-order valence-corrected chi connectivity index (χ1v) is 9.76. The molecule has 2 rings (SSSR count). The van der Waals surface area contributed by atoms with E-state index in [1.165, 1.54) is 6.92 Å². The Hall–Kier alpha value is -2.43. The number of anilines is 1. The number of Topliss-reactive ketones (excluding diaryl/α,β-unsaturated/α-hetero) is 1. The zero-order valence-electron chi connectivity index (χ0n) is 15.9. The number of nitrogens with one attached hydrogen (secondary N) is 1. The molecule has 0 saturated heterocycles. The van der Waals surface area contributed by atoms with Crippen molar-refractivity contribution in [2.75, 3.05) is 5.32 Å². The van der Waals surface area contributed by atoms with Gasteiger partial charge in [0.1, 0.15) is 5.78 Å². The van der Waals surface area contributed by atoms with Crippen molar-refractivity contribution in [3.8, 4) is 0 Å². The summed E-state index contributed by atoms with van der Waals surface area (Å²) in [6.07, 6.45) is 10.5. The van der Waals surface area contributed by atoms with Gasteiger partial charge in [-0.2, -0.15) is 0 Å². The van der Waals surface area contributed by atoms with Crippen LogP contribution >= 0.6 is 0 Å². The SMILES string of the molecule is CC(=O)Nc1ccc(/C=C/C2CCC(=O)C2CCCCCCC(=O)O)cc1. The summed E-state index contributed by atoms with van der Waals surface area (Å²) in [5.74, 6) is -0.0908. The van der Waals surface area contributed by atoms with E-state index in [1.54, 1.807) is 0 Å². The molecule has 0 radical (unpaired) electrons. The molecule has 1 aliphatic rings. The predicted octanol–water partition coefficient (Wildman–Crippen LogP) is 4.68. The number of carbonyl (C=O) groups is 3. The largest absolute Gasteiger partial charge is 0.481 e. The molecule has 146 valence electrons. The van der Waals surface area contributed by atoms with Crippen LogP contribution in [0.4, 0.5) is 5.69 Å². The van der Waals surface area contributed by atoms with E-state index < -0.39 is 5.97 Å². The molecule has 2 N–H and O–H groups in total. The van der Waals surface area contributed by atoms with E-state index in [-0.39, 0.29) is 24.2 Å². The van der Waals surface area contributed by atoms with Gasteiger partial charge in [-0.05, 0) is 42.9 Å². The van der Waals surface area contributed by atoms with Crippen LogP contribution in [0, 0.1) is 11.8 Å². The molecule has 5 nitrogen and oxygen atoms in total. The van der Waals surface area contributed by atoms with Crippen LogP contribution in [-0.2, 0) is 14.4 Å². The zero-order valence-corrected chi connectivity index (χ0v) is 15.9. The number of ketones is 1. The highest BCUT2D eigenvalue weighted by molar-refractivity contribution is 5.88. The van der Waals surface area contributed by atoms with Gasteiger partial charge >= 0.3 is 5.97 Å². The number of aliphatic carboxylic acids is 1. The number of carboxylic acid groups (broad SMARTS) is 1. The molecule has 1 fully saturated rings. The Morgan fingerprint density at radius 2 is 1.85 bits per heavy atom. The van der Waals surface area contributed by atoms with Crippen LogP contribution in [0.2, 0.25) is 0 Å². The Bertz CT molecular complexity index is 678. The van der Waals surface area contributed by atoms with E-state index in [0.29, 0.717) is 18.6 Å². The van der Waals surface area contributed by atoms with Gasteiger partial charge in [-0.1, -0.05) is 43.5 Å². The minimum atomic E-state index is -0.740. The minimum Gasteiger partial charge on any atom is -0.481 e. The van der Waals surface area contributed by atoms with Crippen molar-refractivity contribution in [2.45, 2.75) is 58.3 Å². The van der Waals surface area contributed by atoms with Crippen molar-refractivity contribution in [1.29, 1.82) is 0 Å². The van der Waals surface area contributed by atoms with Gasteiger partial charge in [0.25, 0.3) is 0 Å². The second-order valence-corrected chi connectivity index (χ2v) is 7.28. The van der Waals surface area contributed by atoms with Crippen LogP contribution in [-0.4, -0.2) is 22.8 Å². The molecule has 1 amide bonds. The molecule has 2 unspecified atom stereocenters. The highest BCUT2D eigenvalue weighted by atomic mass is 16.4. The number of carbonyl (C=O) groups excluding carboxylic acids is 2. The van der Waals surface area contributed by atoms with Crippen molar-refractivity contribution in [1.82, 2.24) is 0 Å². The summed E-state index contributed by atoms with van der Waals surface area (Å²) in [7, 11) is 0. The molecular weight excluding hydrogens is 342 g/mol. The Labute approximate surface area is 160 Å². The second-order valence-electron chi connectivity index (χ2n) is 7.28. The first-order valence-electron chi connectivity index (χ1n) is 9.76. The summed E-state index contributed by atoms with van der Waals surface area (Å²) in [5.41, 5.74) is 1.83. The molecule has 0 spiro atoms. The van der Waals surface area contributed by atoms with Crippen molar-refractivity contribution in [2.24, 2.45) is 11.8 Å². The highest BCUT2D eigenvalue weighted by Crippen LogP contribution is 2.34. The number of allylic oxidation sites excluding steroid dienone is 1.